The minimum absolute atomic E-state index is 0. The molecule has 0 spiro atoms. The summed E-state index contributed by atoms with van der Waals surface area (Å²) in [6.45, 7) is 3.23. The zero-order chi connectivity index (χ0) is 14.2. The molecule has 0 heterocycles. The summed E-state index contributed by atoms with van der Waals surface area (Å²) in [7, 11) is 0. The van der Waals surface area contributed by atoms with Crippen molar-refractivity contribution in [3.05, 3.63) is 0 Å². The first-order chi connectivity index (χ1) is 8.54. The predicted molar refractivity (Wildman–Crippen MR) is 79.4 cm³/mol. The molecule has 0 saturated heterocycles. The minimum atomic E-state index is -0.833. The van der Waals surface area contributed by atoms with Crippen LogP contribution in [0.5, 0.6) is 0 Å². The SMILES string of the molecule is CC(=O)O.CCCCCCCCCCC(O)CO.[Na]. The molecule has 19 heavy (non-hydrogen) atoms. The molecule has 3 N–H and O–H groups in total. The molecule has 0 aliphatic carbocycles. The Morgan fingerprint density at radius 2 is 1.37 bits per heavy atom. The van der Waals surface area contributed by atoms with Gasteiger partial charge in [0.15, 0.2) is 0 Å². The Balaban J connectivity index is -0.000000448. The fourth-order valence-corrected chi connectivity index (χ4v) is 1.61. The number of aliphatic hydroxyl groups excluding tert-OH is 2. The van der Waals surface area contributed by atoms with E-state index >= 15 is 0 Å². The second-order valence-corrected chi connectivity index (χ2v) is 4.62. The van der Waals surface area contributed by atoms with Gasteiger partial charge >= 0.3 is 0 Å². The van der Waals surface area contributed by atoms with Gasteiger partial charge in [-0.3, -0.25) is 4.79 Å². The van der Waals surface area contributed by atoms with Gasteiger partial charge in [0.2, 0.25) is 0 Å². The summed E-state index contributed by atoms with van der Waals surface area (Å²) in [5.74, 6) is -0.833. The third-order valence-electron chi connectivity index (χ3n) is 2.60. The number of carbonyl (C=O) groups is 1. The number of aliphatic hydroxyl groups is 2. The van der Waals surface area contributed by atoms with Crippen LogP contribution in [0.25, 0.3) is 0 Å². The van der Waals surface area contributed by atoms with Crippen molar-refractivity contribution >= 4 is 35.5 Å². The van der Waals surface area contributed by atoms with Crippen molar-refractivity contribution in [2.75, 3.05) is 6.61 Å². The maximum Gasteiger partial charge on any atom is 0.300 e. The summed E-state index contributed by atoms with van der Waals surface area (Å²) in [4.78, 5) is 9.00. The number of aliphatic carboxylic acids is 1. The molecule has 1 atom stereocenters. The molecule has 5 heteroatoms. The Morgan fingerprint density at radius 3 is 1.74 bits per heavy atom. The van der Waals surface area contributed by atoms with Crippen molar-refractivity contribution in [1.29, 1.82) is 0 Å². The van der Waals surface area contributed by atoms with E-state index in [4.69, 9.17) is 20.1 Å². The maximum atomic E-state index is 9.08. The molecule has 1 unspecified atom stereocenters. The molecule has 0 rings (SSSR count). The first kappa shape index (κ1) is 24.4. The molecule has 0 aromatic heterocycles. The van der Waals surface area contributed by atoms with E-state index in [9.17, 15) is 0 Å². The molecule has 0 fully saturated rings. The van der Waals surface area contributed by atoms with Crippen LogP contribution in [0.4, 0.5) is 0 Å². The van der Waals surface area contributed by atoms with E-state index in [1.165, 1.54) is 44.9 Å². The molecule has 111 valence electrons. The number of carboxylic acids is 1. The second kappa shape index (κ2) is 20.7. The average Bonchev–Trinajstić information content (AvgIpc) is 2.31. The summed E-state index contributed by atoms with van der Waals surface area (Å²) >= 11 is 0. The molecule has 0 aromatic rings. The van der Waals surface area contributed by atoms with Crippen molar-refractivity contribution in [2.45, 2.75) is 77.7 Å². The van der Waals surface area contributed by atoms with Crippen LogP contribution in [-0.2, 0) is 4.79 Å². The van der Waals surface area contributed by atoms with Gasteiger partial charge in [-0.25, -0.2) is 0 Å². The fourth-order valence-electron chi connectivity index (χ4n) is 1.61. The van der Waals surface area contributed by atoms with Gasteiger partial charge in [-0.2, -0.15) is 0 Å². The molecule has 0 aliphatic rings. The summed E-state index contributed by atoms with van der Waals surface area (Å²) in [5, 5.41) is 25.1. The average molecular weight is 285 g/mol. The maximum absolute atomic E-state index is 9.08. The van der Waals surface area contributed by atoms with Gasteiger partial charge in [-0.1, -0.05) is 58.3 Å². The van der Waals surface area contributed by atoms with E-state index < -0.39 is 12.1 Å². The summed E-state index contributed by atoms with van der Waals surface area (Å²) < 4.78 is 0. The topological polar surface area (TPSA) is 77.8 Å². The van der Waals surface area contributed by atoms with Crippen molar-refractivity contribution < 1.29 is 20.1 Å². The number of rotatable bonds is 10. The number of unbranched alkanes of at least 4 members (excludes halogenated alkanes) is 7. The van der Waals surface area contributed by atoms with E-state index in [-0.39, 0.29) is 36.2 Å². The number of carboxylic acid groups (broad SMARTS) is 1. The Kier molecular flexibility index (Phi) is 26.6. The molecule has 4 nitrogen and oxygen atoms in total. The monoisotopic (exact) mass is 285 g/mol. The van der Waals surface area contributed by atoms with Crippen molar-refractivity contribution in [1.82, 2.24) is 0 Å². The van der Waals surface area contributed by atoms with Crippen molar-refractivity contribution in [2.24, 2.45) is 0 Å². The zero-order valence-electron chi connectivity index (χ0n) is 12.9. The Bertz CT molecular complexity index is 173. The van der Waals surface area contributed by atoms with E-state index in [1.54, 1.807) is 0 Å². The predicted octanol–water partition coefficient (Wildman–Crippen LogP) is 2.58. The summed E-state index contributed by atoms with van der Waals surface area (Å²) in [6, 6.07) is 0. The van der Waals surface area contributed by atoms with E-state index in [0.29, 0.717) is 0 Å². The minimum Gasteiger partial charge on any atom is -0.481 e. The quantitative estimate of drug-likeness (QED) is 0.426. The normalized spacial score (nSPS) is 10.9. The molecule has 0 amide bonds. The standard InChI is InChI=1S/C12H26O2.C2H4O2.Na/c1-2-3-4-5-6-7-8-9-10-12(14)11-13;1-2(3)4;/h12-14H,2-11H2,1H3;1H3,(H,3,4);. The van der Waals surface area contributed by atoms with Crippen LogP contribution >= 0.6 is 0 Å². The zero-order valence-corrected chi connectivity index (χ0v) is 14.9. The fraction of sp³-hybridized carbons (Fsp3) is 0.929. The van der Waals surface area contributed by atoms with Crippen LogP contribution in [-0.4, -0.2) is 63.6 Å². The van der Waals surface area contributed by atoms with Crippen LogP contribution in [0.15, 0.2) is 0 Å². The van der Waals surface area contributed by atoms with Crippen molar-refractivity contribution in [3.63, 3.8) is 0 Å². The van der Waals surface area contributed by atoms with Crippen LogP contribution in [0, 0.1) is 0 Å². The van der Waals surface area contributed by atoms with Crippen LogP contribution in [0.2, 0.25) is 0 Å². The largest absolute Gasteiger partial charge is 0.481 e. The Hall–Kier alpha value is 0.390. The van der Waals surface area contributed by atoms with E-state index in [2.05, 4.69) is 6.92 Å². The van der Waals surface area contributed by atoms with Crippen LogP contribution < -0.4 is 0 Å². The van der Waals surface area contributed by atoms with Gasteiger partial charge in [0.25, 0.3) is 5.97 Å². The molecular weight excluding hydrogens is 255 g/mol. The number of hydrogen-bond donors (Lipinski definition) is 3. The summed E-state index contributed by atoms with van der Waals surface area (Å²) in [5.41, 5.74) is 0. The van der Waals surface area contributed by atoms with E-state index in [1.807, 2.05) is 0 Å². The van der Waals surface area contributed by atoms with Crippen LogP contribution in [0.1, 0.15) is 71.6 Å². The van der Waals surface area contributed by atoms with Gasteiger partial charge in [0.05, 0.1) is 12.7 Å². The first-order valence-corrected chi connectivity index (χ1v) is 7.03. The Morgan fingerprint density at radius 1 is 1.00 bits per heavy atom. The molecule has 1 radical (unpaired) electrons. The smallest absolute Gasteiger partial charge is 0.300 e. The van der Waals surface area contributed by atoms with Crippen LogP contribution in [0.3, 0.4) is 0 Å². The van der Waals surface area contributed by atoms with Gasteiger partial charge in [-0.15, -0.1) is 0 Å². The molecule has 0 bridgehead atoms. The third kappa shape index (κ3) is 32.2. The van der Waals surface area contributed by atoms with Gasteiger partial charge in [0.1, 0.15) is 0 Å². The second-order valence-electron chi connectivity index (χ2n) is 4.62. The van der Waals surface area contributed by atoms with E-state index in [0.717, 1.165) is 19.8 Å². The molecular formula is C14H30NaO4. The molecule has 0 aromatic carbocycles. The first-order valence-electron chi connectivity index (χ1n) is 7.03. The van der Waals surface area contributed by atoms with Gasteiger partial charge < -0.3 is 15.3 Å². The van der Waals surface area contributed by atoms with Gasteiger partial charge in [-0.05, 0) is 6.42 Å². The van der Waals surface area contributed by atoms with Gasteiger partial charge in [0, 0.05) is 36.5 Å². The molecule has 0 saturated carbocycles. The third-order valence-corrected chi connectivity index (χ3v) is 2.60. The Labute approximate surface area is 139 Å². The van der Waals surface area contributed by atoms with Crippen molar-refractivity contribution in [3.8, 4) is 0 Å². The summed E-state index contributed by atoms with van der Waals surface area (Å²) in [6.07, 6.45) is 10.5. The molecule has 0 aliphatic heterocycles. The number of hydrogen-bond acceptors (Lipinski definition) is 3.